The fourth-order valence-corrected chi connectivity index (χ4v) is 6.26. The zero-order valence-electron chi connectivity index (χ0n) is 26.1. The molecule has 7 N–H and O–H groups in total. The second-order valence-corrected chi connectivity index (χ2v) is 13.5. The van der Waals surface area contributed by atoms with Gasteiger partial charge in [0.1, 0.15) is 18.4 Å². The minimum Gasteiger partial charge on any atom is -0.390 e. The van der Waals surface area contributed by atoms with E-state index in [0.29, 0.717) is 32.2 Å². The highest BCUT2D eigenvalue weighted by atomic mass is 32.2. The maximum Gasteiger partial charge on any atom is 0.472 e. The molecule has 1 saturated heterocycles. The number of nitrogens with two attached hydrogens (primary N) is 1. The number of anilines is 1. The average Bonchev–Trinajstić information content (AvgIpc) is 3.63. The number of H-pyrrole nitrogens is 1. The van der Waals surface area contributed by atoms with Crippen LogP contribution in [-0.2, 0) is 34.4 Å². The molecule has 0 saturated carbocycles. The van der Waals surface area contributed by atoms with Gasteiger partial charge < -0.3 is 31.1 Å². The molecule has 18 heteroatoms. The number of hydrogen-bond donors (Lipinski definition) is 6. The summed E-state index contributed by atoms with van der Waals surface area (Å²) in [6, 6.07) is 8.74. The molecule has 0 radical (unpaired) electrons. The summed E-state index contributed by atoms with van der Waals surface area (Å²) in [6.45, 7) is 0.00736. The minimum absolute atomic E-state index is 0.0241. The number of nitrogens with zero attached hydrogens (tertiary/aromatic N) is 3. The molecule has 1 aliphatic heterocycles. The molecule has 1 aliphatic rings. The third kappa shape index (κ3) is 11.1. The molecule has 2 unspecified atom stereocenters. The lowest BCUT2D eigenvalue weighted by molar-refractivity contribution is -0.128. The zero-order valence-corrected chi connectivity index (χ0v) is 27.8. The molecule has 0 bridgehead atoms. The molecule has 2 amide bonds. The van der Waals surface area contributed by atoms with Gasteiger partial charge in [-0.3, -0.25) is 33.0 Å². The number of aliphatic hydroxyl groups excluding tert-OH is 1. The quantitative estimate of drug-likeness (QED) is 0.0774. The summed E-state index contributed by atoms with van der Waals surface area (Å²) in [4.78, 5) is 57.8. The van der Waals surface area contributed by atoms with Gasteiger partial charge in [0, 0.05) is 13.0 Å². The second-order valence-electron chi connectivity index (χ2n) is 11.1. The topological polar surface area (TPSA) is 233 Å². The Morgan fingerprint density at radius 3 is 2.77 bits per heavy atom. The van der Waals surface area contributed by atoms with Crippen molar-refractivity contribution < 1.29 is 37.9 Å². The highest BCUT2D eigenvalue weighted by Crippen LogP contribution is 2.44. The Hall–Kier alpha value is -3.31. The Kier molecular flexibility index (Phi) is 13.8. The van der Waals surface area contributed by atoms with Crippen molar-refractivity contribution in [2.75, 3.05) is 37.5 Å². The van der Waals surface area contributed by atoms with Gasteiger partial charge in [-0.1, -0.05) is 43.2 Å². The third-order valence-electron chi connectivity index (χ3n) is 7.46. The molecule has 3 heterocycles. The highest BCUT2D eigenvalue weighted by molar-refractivity contribution is 7.98. The Bertz CT molecular complexity index is 1570. The molecule has 3 aromatic rings. The number of hydrogen-bond acceptors (Lipinski definition) is 12. The summed E-state index contributed by atoms with van der Waals surface area (Å²) in [5, 5.41) is 16.2. The van der Waals surface area contributed by atoms with E-state index in [1.54, 1.807) is 11.8 Å². The number of carbonyl (C=O) groups is 2. The van der Waals surface area contributed by atoms with E-state index in [4.69, 9.17) is 19.5 Å². The van der Waals surface area contributed by atoms with Crippen LogP contribution < -0.4 is 21.9 Å². The molecule has 47 heavy (non-hydrogen) atoms. The van der Waals surface area contributed by atoms with Crippen LogP contribution in [0, 0.1) is 0 Å². The first-order valence-corrected chi connectivity index (χ1v) is 18.2. The average molecular weight is 696 g/mol. The molecule has 2 aromatic heterocycles. The number of phosphoric acid groups is 1. The van der Waals surface area contributed by atoms with Gasteiger partial charge in [0.15, 0.2) is 11.2 Å². The number of amides is 2. The SMILES string of the molecule is CSCCC(NC(=O)Cc1ccccc1)C(=O)NCCCCCCOP(=O)(O)OC[C@H]1O[C@@H](n2cnc3c(=O)[nH]c(N)nc32)C[C@@H]1O. The van der Waals surface area contributed by atoms with E-state index in [1.165, 1.54) is 10.9 Å². The maximum absolute atomic E-state index is 12.7. The van der Waals surface area contributed by atoms with Crippen LogP contribution in [0.1, 0.15) is 50.3 Å². The van der Waals surface area contributed by atoms with Gasteiger partial charge in [0.25, 0.3) is 5.56 Å². The number of aliphatic hydroxyl groups is 1. The monoisotopic (exact) mass is 695 g/mol. The van der Waals surface area contributed by atoms with Crippen molar-refractivity contribution in [3.63, 3.8) is 0 Å². The van der Waals surface area contributed by atoms with Crippen molar-refractivity contribution in [1.29, 1.82) is 0 Å². The standard InChI is InChI=1S/C29H42N7O9PS/c1-47-14-11-20(33-23(38)15-19-9-5-4-6-10-19)27(39)31-12-7-2-3-8-13-43-46(41,42)44-17-22-21(37)16-24(45-22)36-18-32-25-26(36)34-29(30)35-28(25)40/h4-6,9-10,18,20-22,24,37H,2-3,7-8,11-17H2,1H3,(H,31,39)(H,33,38)(H,41,42)(H3,30,34,35,40)/t20?,21-,22+,24+/m0/s1. The summed E-state index contributed by atoms with van der Waals surface area (Å²) in [5.74, 6) is 0.209. The van der Waals surface area contributed by atoms with Gasteiger partial charge >= 0.3 is 7.82 Å². The number of aromatic amines is 1. The third-order valence-corrected chi connectivity index (χ3v) is 9.09. The fourth-order valence-electron chi connectivity index (χ4n) is 5.02. The molecule has 0 aliphatic carbocycles. The van der Waals surface area contributed by atoms with Crippen molar-refractivity contribution in [2.45, 2.75) is 69.4 Å². The smallest absolute Gasteiger partial charge is 0.390 e. The van der Waals surface area contributed by atoms with E-state index in [2.05, 4.69) is 25.6 Å². The van der Waals surface area contributed by atoms with Gasteiger partial charge in [-0.25, -0.2) is 9.55 Å². The number of imidazole rings is 1. The van der Waals surface area contributed by atoms with Crippen LogP contribution in [0.15, 0.2) is 41.5 Å². The van der Waals surface area contributed by atoms with Crippen LogP contribution in [0.2, 0.25) is 0 Å². The minimum atomic E-state index is -4.41. The molecular formula is C29H42N7O9PS. The molecule has 16 nitrogen and oxygen atoms in total. The van der Waals surface area contributed by atoms with Crippen LogP contribution in [0.4, 0.5) is 5.95 Å². The lowest BCUT2D eigenvalue weighted by atomic mass is 10.1. The predicted molar refractivity (Wildman–Crippen MR) is 175 cm³/mol. The van der Waals surface area contributed by atoms with Crippen LogP contribution in [0.3, 0.4) is 0 Å². The number of thioether (sulfide) groups is 1. The maximum atomic E-state index is 12.7. The normalized spacial score (nSPS) is 19.8. The number of unbranched alkanes of at least 4 members (excludes halogenated alkanes) is 3. The first-order chi connectivity index (χ1) is 22.6. The van der Waals surface area contributed by atoms with Gasteiger partial charge in [-0.05, 0) is 36.8 Å². The van der Waals surface area contributed by atoms with Crippen LogP contribution in [-0.4, -0.2) is 91.4 Å². The fraction of sp³-hybridized carbons (Fsp3) is 0.552. The summed E-state index contributed by atoms with van der Waals surface area (Å²) in [6.07, 6.45) is 4.02. The van der Waals surface area contributed by atoms with Crippen LogP contribution in [0.25, 0.3) is 11.2 Å². The molecule has 0 spiro atoms. The predicted octanol–water partition coefficient (Wildman–Crippen LogP) is 1.64. The van der Waals surface area contributed by atoms with E-state index < -0.39 is 44.5 Å². The summed E-state index contributed by atoms with van der Waals surface area (Å²) in [5.41, 5.74) is 6.24. The summed E-state index contributed by atoms with van der Waals surface area (Å²) < 4.78 is 29.8. The van der Waals surface area contributed by atoms with E-state index >= 15 is 0 Å². The van der Waals surface area contributed by atoms with Gasteiger partial charge in [0.2, 0.25) is 17.8 Å². The lowest BCUT2D eigenvalue weighted by Crippen LogP contribution is -2.47. The first-order valence-electron chi connectivity index (χ1n) is 15.3. The Morgan fingerprint density at radius 1 is 1.23 bits per heavy atom. The molecule has 1 aromatic carbocycles. The first kappa shape index (κ1) is 36.5. The van der Waals surface area contributed by atoms with Crippen molar-refractivity contribution >= 4 is 48.5 Å². The number of nitrogen functional groups attached to an aromatic ring is 1. The Labute approximate surface area is 275 Å². The van der Waals surface area contributed by atoms with E-state index in [9.17, 15) is 28.9 Å². The second kappa shape index (κ2) is 17.7. The molecule has 4 rings (SSSR count). The van der Waals surface area contributed by atoms with Gasteiger partial charge in [-0.15, -0.1) is 0 Å². The van der Waals surface area contributed by atoms with Gasteiger partial charge in [-0.2, -0.15) is 16.7 Å². The van der Waals surface area contributed by atoms with E-state index in [1.807, 2.05) is 36.6 Å². The van der Waals surface area contributed by atoms with E-state index in [-0.39, 0.29) is 48.4 Å². The summed E-state index contributed by atoms with van der Waals surface area (Å²) >= 11 is 1.60. The Balaban J connectivity index is 1.10. The molecule has 5 atom stereocenters. The highest BCUT2D eigenvalue weighted by Gasteiger charge is 2.38. The van der Waals surface area contributed by atoms with Crippen molar-refractivity contribution in [3.05, 3.63) is 52.6 Å². The molecule has 258 valence electrons. The van der Waals surface area contributed by atoms with Crippen LogP contribution in [0.5, 0.6) is 0 Å². The molecular weight excluding hydrogens is 653 g/mol. The van der Waals surface area contributed by atoms with Crippen LogP contribution >= 0.6 is 19.6 Å². The summed E-state index contributed by atoms with van der Waals surface area (Å²) in [7, 11) is -4.41. The Morgan fingerprint density at radius 2 is 2.00 bits per heavy atom. The number of rotatable bonds is 19. The number of aromatic nitrogens is 4. The molecule has 1 fully saturated rings. The number of benzene rings is 1. The van der Waals surface area contributed by atoms with Crippen molar-refractivity contribution in [2.24, 2.45) is 0 Å². The largest absolute Gasteiger partial charge is 0.472 e. The van der Waals surface area contributed by atoms with Crippen molar-refractivity contribution in [1.82, 2.24) is 30.2 Å². The number of ether oxygens (including phenoxy) is 1. The zero-order chi connectivity index (χ0) is 33.8. The van der Waals surface area contributed by atoms with Gasteiger partial charge in [0.05, 0.1) is 32.1 Å². The number of nitrogens with one attached hydrogen (secondary N) is 3. The number of carbonyl (C=O) groups excluding carboxylic acids is 2. The van der Waals surface area contributed by atoms with Crippen molar-refractivity contribution in [3.8, 4) is 0 Å². The lowest BCUT2D eigenvalue weighted by Gasteiger charge is -2.18. The number of phosphoric ester groups is 1. The number of fused-ring (bicyclic) bond motifs is 1. The van der Waals surface area contributed by atoms with E-state index in [0.717, 1.165) is 17.7 Å².